The first-order chi connectivity index (χ1) is 15.0. The third-order valence-corrected chi connectivity index (χ3v) is 4.38. The summed E-state index contributed by atoms with van der Waals surface area (Å²) in [5.41, 5.74) is 9.47. The van der Waals surface area contributed by atoms with Crippen molar-refractivity contribution in [3.05, 3.63) is 41.2 Å². The van der Waals surface area contributed by atoms with E-state index in [2.05, 4.69) is 54.5 Å². The molecule has 0 aliphatic heterocycles. The van der Waals surface area contributed by atoms with E-state index in [1.165, 1.54) is 17.0 Å². The van der Waals surface area contributed by atoms with E-state index in [9.17, 15) is 9.90 Å². The number of carbonyl (C=O) groups excluding carboxylic acids is 1. The fourth-order valence-corrected chi connectivity index (χ4v) is 3.07. The lowest BCUT2D eigenvalue weighted by Gasteiger charge is -2.21. The number of carbonyl (C=O) groups is 1. The minimum atomic E-state index is -0.541. The number of aromatic nitrogens is 5. The maximum atomic E-state index is 12.8. The molecule has 2 aromatic heterocycles. The summed E-state index contributed by atoms with van der Waals surface area (Å²) in [5.74, 6) is -0.234. The van der Waals surface area contributed by atoms with E-state index in [0.717, 1.165) is 25.9 Å². The predicted octanol–water partition coefficient (Wildman–Crippen LogP) is 1.32. The third-order valence-electron chi connectivity index (χ3n) is 4.38. The van der Waals surface area contributed by atoms with E-state index in [1.807, 2.05) is 0 Å². The topological polar surface area (TPSA) is 161 Å². The summed E-state index contributed by atoms with van der Waals surface area (Å²) >= 11 is 0. The predicted molar refractivity (Wildman–Crippen MR) is 113 cm³/mol. The highest BCUT2D eigenvalue weighted by Crippen LogP contribution is 2.18. The summed E-state index contributed by atoms with van der Waals surface area (Å²) < 4.78 is 6.04. The highest BCUT2D eigenvalue weighted by atomic mass is 16.6. The van der Waals surface area contributed by atoms with Crippen molar-refractivity contribution < 1.29 is 14.5 Å². The van der Waals surface area contributed by atoms with Gasteiger partial charge in [0.15, 0.2) is 5.69 Å². The molecule has 1 amide bonds. The van der Waals surface area contributed by atoms with Gasteiger partial charge in [0.1, 0.15) is 5.75 Å². The van der Waals surface area contributed by atoms with Crippen LogP contribution in [0.15, 0.2) is 34.0 Å². The summed E-state index contributed by atoms with van der Waals surface area (Å²) in [6.45, 7) is 6.24. The lowest BCUT2D eigenvalue weighted by atomic mass is 10.2. The Morgan fingerprint density at radius 3 is 2.74 bits per heavy atom. The number of nitrogens with one attached hydrogen (secondary N) is 1. The third kappa shape index (κ3) is 5.42. The molecule has 12 nitrogen and oxygen atoms in total. The fraction of sp³-hybridized carbons (Fsp3) is 0.368. The fourth-order valence-electron chi connectivity index (χ4n) is 3.07. The van der Waals surface area contributed by atoms with E-state index >= 15 is 0 Å². The number of nitrogen functional groups attached to an aromatic ring is 1. The smallest absolute Gasteiger partial charge is 0.293 e. The molecule has 0 unspecified atom stereocenters. The van der Waals surface area contributed by atoms with Gasteiger partial charge in [-0.05, 0) is 53.9 Å². The van der Waals surface area contributed by atoms with Gasteiger partial charge in [-0.25, -0.2) is 10.1 Å². The number of benzene rings is 1. The van der Waals surface area contributed by atoms with Gasteiger partial charge < -0.3 is 10.8 Å². The first kappa shape index (κ1) is 21.9. The van der Waals surface area contributed by atoms with Crippen molar-refractivity contribution in [1.82, 2.24) is 35.6 Å². The number of anilines is 1. The summed E-state index contributed by atoms with van der Waals surface area (Å²) in [7, 11) is 0. The van der Waals surface area contributed by atoms with Crippen LogP contribution in [-0.4, -0.2) is 60.5 Å². The van der Waals surface area contributed by atoms with Crippen LogP contribution in [0.2, 0.25) is 0 Å². The Balaban J connectivity index is 1.87. The van der Waals surface area contributed by atoms with Crippen molar-refractivity contribution >= 4 is 17.9 Å². The minimum absolute atomic E-state index is 0.0394. The maximum absolute atomic E-state index is 12.8. The molecule has 2 heterocycles. The van der Waals surface area contributed by atoms with E-state index < -0.39 is 5.91 Å². The van der Waals surface area contributed by atoms with Gasteiger partial charge in [0.05, 0.1) is 11.9 Å². The lowest BCUT2D eigenvalue weighted by molar-refractivity contribution is 0.0947. The van der Waals surface area contributed by atoms with Crippen LogP contribution in [0.25, 0.3) is 5.82 Å². The molecule has 0 spiro atoms. The number of hydrazone groups is 1. The molecule has 164 valence electrons. The molecule has 12 heteroatoms. The molecule has 0 aliphatic rings. The zero-order valence-corrected chi connectivity index (χ0v) is 17.4. The van der Waals surface area contributed by atoms with Crippen LogP contribution >= 0.6 is 0 Å². The molecule has 4 N–H and O–H groups in total. The number of phenolic OH excluding ortho intramolecular Hbond substituents is 1. The number of aromatic hydroxyl groups is 1. The van der Waals surface area contributed by atoms with Crippen LogP contribution in [-0.2, 0) is 6.54 Å². The van der Waals surface area contributed by atoms with Crippen LogP contribution in [0.1, 0.15) is 48.4 Å². The normalized spacial score (nSPS) is 11.5. The Bertz CT molecular complexity index is 1040. The molecule has 31 heavy (non-hydrogen) atoms. The van der Waals surface area contributed by atoms with Crippen molar-refractivity contribution in [1.29, 1.82) is 0 Å². The molecule has 0 saturated heterocycles. The molecule has 1 aromatic carbocycles. The Kier molecular flexibility index (Phi) is 7.27. The summed E-state index contributed by atoms with van der Waals surface area (Å²) in [6, 6.07) is 6.48. The van der Waals surface area contributed by atoms with Gasteiger partial charge in [-0.1, -0.05) is 31.2 Å². The zero-order valence-electron chi connectivity index (χ0n) is 17.4. The van der Waals surface area contributed by atoms with E-state index in [4.69, 9.17) is 5.73 Å². The average molecular weight is 427 g/mol. The van der Waals surface area contributed by atoms with Gasteiger partial charge in [0, 0.05) is 6.54 Å². The average Bonchev–Trinajstić information content (AvgIpc) is 3.34. The summed E-state index contributed by atoms with van der Waals surface area (Å²) in [4.78, 5) is 15.0. The largest absolute Gasteiger partial charge is 0.508 e. The van der Waals surface area contributed by atoms with Crippen molar-refractivity contribution in [3.8, 4) is 11.6 Å². The van der Waals surface area contributed by atoms with Crippen molar-refractivity contribution in [2.75, 3.05) is 18.8 Å². The van der Waals surface area contributed by atoms with Crippen LogP contribution in [0.4, 0.5) is 5.82 Å². The van der Waals surface area contributed by atoms with Crippen LogP contribution < -0.4 is 11.2 Å². The monoisotopic (exact) mass is 427 g/mol. The number of rotatable bonds is 10. The van der Waals surface area contributed by atoms with Crippen molar-refractivity contribution in [2.45, 2.75) is 33.2 Å². The van der Waals surface area contributed by atoms with Gasteiger partial charge in [0.2, 0.25) is 11.6 Å². The Morgan fingerprint density at radius 1 is 1.32 bits per heavy atom. The number of amides is 1. The molecular formula is C19H25N9O3. The van der Waals surface area contributed by atoms with E-state index in [0.29, 0.717) is 17.8 Å². The number of hydrogen-bond donors (Lipinski definition) is 3. The van der Waals surface area contributed by atoms with E-state index in [1.54, 1.807) is 18.2 Å². The minimum Gasteiger partial charge on any atom is -0.508 e. The standard InChI is InChI=1S/C19H25N9O3/c1-3-8-27(9-4-2)12-15-16(22-26-28(15)18-17(20)24-31-25-18)19(30)23-21-11-13-6-5-7-14(29)10-13/h5-7,10-11,29H,3-4,8-9,12H2,1-2H3,(H2,20,24)(H,23,30)/b21-11+. The number of nitrogens with two attached hydrogens (primary N) is 1. The second-order valence-corrected chi connectivity index (χ2v) is 6.84. The highest BCUT2D eigenvalue weighted by Gasteiger charge is 2.25. The zero-order chi connectivity index (χ0) is 22.2. The van der Waals surface area contributed by atoms with Crippen LogP contribution in [0.3, 0.4) is 0 Å². The maximum Gasteiger partial charge on any atom is 0.293 e. The number of nitrogens with zero attached hydrogens (tertiary/aromatic N) is 7. The van der Waals surface area contributed by atoms with E-state index in [-0.39, 0.29) is 23.1 Å². The molecule has 3 rings (SSSR count). The second kappa shape index (κ2) is 10.3. The SMILES string of the molecule is CCCN(CCC)Cc1c(C(=O)N/N=C/c2cccc(O)c2)nnn1-c1nonc1N. The molecule has 0 aliphatic carbocycles. The van der Waals surface area contributed by atoms with Gasteiger partial charge >= 0.3 is 0 Å². The summed E-state index contributed by atoms with van der Waals surface area (Å²) in [6.07, 6.45) is 3.32. The van der Waals surface area contributed by atoms with Crippen LogP contribution in [0.5, 0.6) is 5.75 Å². The lowest BCUT2D eigenvalue weighted by Crippen LogP contribution is -2.28. The first-order valence-electron chi connectivity index (χ1n) is 9.91. The summed E-state index contributed by atoms with van der Waals surface area (Å²) in [5, 5.41) is 28.9. The molecule has 0 atom stereocenters. The van der Waals surface area contributed by atoms with Gasteiger partial charge in [0.25, 0.3) is 5.91 Å². The quantitative estimate of drug-likeness (QED) is 0.320. The molecule has 0 bridgehead atoms. The molecule has 0 saturated carbocycles. The second-order valence-electron chi connectivity index (χ2n) is 6.84. The van der Waals surface area contributed by atoms with Gasteiger partial charge in [-0.2, -0.15) is 9.78 Å². The molecule has 0 fully saturated rings. The Morgan fingerprint density at radius 2 is 2.10 bits per heavy atom. The molecule has 0 radical (unpaired) electrons. The molecular weight excluding hydrogens is 402 g/mol. The first-order valence-corrected chi connectivity index (χ1v) is 9.91. The number of phenols is 1. The van der Waals surface area contributed by atoms with Crippen LogP contribution in [0, 0.1) is 0 Å². The van der Waals surface area contributed by atoms with Gasteiger partial charge in [-0.3, -0.25) is 9.69 Å². The molecule has 3 aromatic rings. The van der Waals surface area contributed by atoms with Crippen molar-refractivity contribution in [3.63, 3.8) is 0 Å². The Hall–Kier alpha value is -3.80. The highest BCUT2D eigenvalue weighted by molar-refractivity contribution is 5.94. The van der Waals surface area contributed by atoms with Crippen molar-refractivity contribution in [2.24, 2.45) is 5.10 Å². The van der Waals surface area contributed by atoms with Gasteiger partial charge in [-0.15, -0.1) is 5.10 Å². The number of hydrogen-bond acceptors (Lipinski definition) is 10. The Labute approximate surface area is 178 Å².